The Bertz CT molecular complexity index is 1650. The van der Waals surface area contributed by atoms with E-state index >= 15 is 0 Å². The van der Waals surface area contributed by atoms with Crippen LogP contribution >= 0.6 is 11.8 Å². The summed E-state index contributed by atoms with van der Waals surface area (Å²) in [7, 11) is 0. The second-order valence-corrected chi connectivity index (χ2v) is 12.6. The summed E-state index contributed by atoms with van der Waals surface area (Å²) in [5.74, 6) is 0.202. The average Bonchev–Trinajstić information content (AvgIpc) is 3.45. The van der Waals surface area contributed by atoms with Crippen molar-refractivity contribution in [3.05, 3.63) is 78.0 Å². The number of alkyl halides is 3. The first-order valence-corrected chi connectivity index (χ1v) is 16.4. The minimum Gasteiger partial charge on any atom is -0.482 e. The minimum atomic E-state index is -4.39. The fraction of sp³-hybridized carbons (Fsp3) is 0.382. The predicted octanol–water partition coefficient (Wildman–Crippen LogP) is 5.92. The summed E-state index contributed by atoms with van der Waals surface area (Å²) >= 11 is 1.51. The van der Waals surface area contributed by atoms with E-state index in [4.69, 9.17) is 15.2 Å². The number of para-hydroxylation sites is 1. The Morgan fingerprint density at radius 2 is 1.67 bits per heavy atom. The van der Waals surface area contributed by atoms with Crippen molar-refractivity contribution in [2.24, 2.45) is 5.73 Å². The van der Waals surface area contributed by atoms with E-state index in [-0.39, 0.29) is 6.61 Å². The lowest BCUT2D eigenvalue weighted by molar-refractivity contribution is -0.146. The van der Waals surface area contributed by atoms with Gasteiger partial charge in [0.25, 0.3) is 0 Å². The van der Waals surface area contributed by atoms with Crippen molar-refractivity contribution >= 4 is 40.0 Å². The smallest absolute Gasteiger partial charge is 0.416 e. The van der Waals surface area contributed by atoms with Gasteiger partial charge in [0.15, 0.2) is 6.61 Å². The molecular weight excluding hydrogens is 615 g/mol. The highest BCUT2D eigenvalue weighted by molar-refractivity contribution is 7.99. The summed E-state index contributed by atoms with van der Waals surface area (Å²) in [6, 6.07) is 17.6. The Labute approximate surface area is 270 Å². The number of carbonyl (C=O) groups excluding carboxylic acids is 1. The molecule has 4 aromatic rings. The van der Waals surface area contributed by atoms with Gasteiger partial charge in [-0.05, 0) is 80.0 Å². The van der Waals surface area contributed by atoms with Gasteiger partial charge in [-0.2, -0.15) is 13.2 Å². The molecule has 0 aliphatic carbocycles. The van der Waals surface area contributed by atoms with Gasteiger partial charge < -0.3 is 30.0 Å². The molecule has 0 radical (unpaired) electrons. The average molecular weight is 654 g/mol. The summed E-state index contributed by atoms with van der Waals surface area (Å²) in [5.41, 5.74) is 8.75. The molecule has 6 rings (SSSR count). The molecule has 1 fully saturated rings. The summed E-state index contributed by atoms with van der Waals surface area (Å²) in [6.07, 6.45) is -0.864. The van der Waals surface area contributed by atoms with Gasteiger partial charge in [0, 0.05) is 66.2 Å². The highest BCUT2D eigenvalue weighted by atomic mass is 32.2. The minimum absolute atomic E-state index is 0.155. The third-order valence-electron chi connectivity index (χ3n) is 8.45. The number of fused-ring (bicyclic) bond motifs is 3. The molecular formula is C34H38F3N5O3S. The number of carbonyl (C=O) groups is 1. The fourth-order valence-electron chi connectivity index (χ4n) is 6.02. The molecule has 1 saturated heterocycles. The van der Waals surface area contributed by atoms with Crippen LogP contribution in [0.15, 0.2) is 76.7 Å². The quantitative estimate of drug-likeness (QED) is 0.182. The highest BCUT2D eigenvalue weighted by Gasteiger charge is 2.33. The van der Waals surface area contributed by atoms with E-state index < -0.39 is 17.7 Å². The highest BCUT2D eigenvalue weighted by Crippen LogP contribution is 2.49. The topological polar surface area (TPSA) is 87.1 Å². The summed E-state index contributed by atoms with van der Waals surface area (Å²) in [4.78, 5) is 24.1. The Balaban J connectivity index is 0.923. The van der Waals surface area contributed by atoms with E-state index in [1.807, 2.05) is 53.6 Å². The zero-order valence-electron chi connectivity index (χ0n) is 25.5. The van der Waals surface area contributed by atoms with Gasteiger partial charge in [0.05, 0.1) is 16.9 Å². The maximum atomic E-state index is 13.5. The van der Waals surface area contributed by atoms with Gasteiger partial charge in [-0.25, -0.2) is 4.79 Å². The van der Waals surface area contributed by atoms with Crippen molar-refractivity contribution in [1.29, 1.82) is 0 Å². The number of H-pyrrole nitrogens is 1. The van der Waals surface area contributed by atoms with Crippen molar-refractivity contribution in [3.8, 4) is 5.75 Å². The van der Waals surface area contributed by atoms with Crippen LogP contribution in [0.25, 0.3) is 10.9 Å². The number of nitrogens with zero attached hydrogens (tertiary/aromatic N) is 3. The first-order valence-electron chi connectivity index (χ1n) is 15.6. The standard InChI is InChI=1S/C34H38F3N5O3S/c35-34(36,37)25-6-9-32-30(20-25)42(29-4-1-2-5-31(29)46-32)13-3-12-40-14-16-41(17-15-40)18-19-44-33(43)23-45-26-7-8-28-27(21-26)24(10-11-38)22-39-28/h1-2,4-9,20-22,39H,3,10-19,23,38H2. The molecule has 3 N–H and O–H groups in total. The molecule has 0 amide bonds. The Morgan fingerprint density at radius 1 is 0.913 bits per heavy atom. The molecule has 2 aliphatic rings. The second kappa shape index (κ2) is 14.4. The first kappa shape index (κ1) is 32.2. The van der Waals surface area contributed by atoms with Gasteiger partial charge in [-0.3, -0.25) is 4.90 Å². The molecule has 0 unspecified atom stereocenters. The number of nitrogens with one attached hydrogen (secondary N) is 1. The lowest BCUT2D eigenvalue weighted by atomic mass is 10.1. The van der Waals surface area contributed by atoms with Crippen LogP contribution in [-0.4, -0.2) is 86.3 Å². The third-order valence-corrected chi connectivity index (χ3v) is 9.58. The number of anilines is 2. The molecule has 0 atom stereocenters. The zero-order chi connectivity index (χ0) is 32.1. The number of ether oxygens (including phenoxy) is 2. The maximum Gasteiger partial charge on any atom is 0.416 e. The number of hydrogen-bond acceptors (Lipinski definition) is 8. The summed E-state index contributed by atoms with van der Waals surface area (Å²) in [6.45, 7) is 6.30. The van der Waals surface area contributed by atoms with Crippen molar-refractivity contribution in [3.63, 3.8) is 0 Å². The van der Waals surface area contributed by atoms with Crippen molar-refractivity contribution < 1.29 is 27.4 Å². The van der Waals surface area contributed by atoms with Gasteiger partial charge in [0.2, 0.25) is 0 Å². The Kier molecular flexibility index (Phi) is 10.1. The molecule has 0 saturated carbocycles. The van der Waals surface area contributed by atoms with Crippen LogP contribution in [0.1, 0.15) is 17.5 Å². The van der Waals surface area contributed by atoms with Crippen LogP contribution in [0.3, 0.4) is 0 Å². The van der Waals surface area contributed by atoms with Crippen LogP contribution in [0, 0.1) is 0 Å². The maximum absolute atomic E-state index is 13.5. The molecule has 2 aliphatic heterocycles. The SMILES string of the molecule is NCCc1c[nH]c2ccc(OCC(=O)OCCN3CCN(CCCN4c5ccccc5Sc5ccc(C(F)(F)F)cc54)CC3)cc12. The number of halogens is 3. The van der Waals surface area contributed by atoms with Gasteiger partial charge in [-0.1, -0.05) is 23.9 Å². The van der Waals surface area contributed by atoms with Crippen LogP contribution in [0.4, 0.5) is 24.5 Å². The molecule has 12 heteroatoms. The number of hydrogen-bond donors (Lipinski definition) is 2. The lowest BCUT2D eigenvalue weighted by Crippen LogP contribution is -2.47. The largest absolute Gasteiger partial charge is 0.482 e. The number of nitrogens with two attached hydrogens (primary N) is 1. The van der Waals surface area contributed by atoms with Gasteiger partial charge >= 0.3 is 12.1 Å². The molecule has 0 bridgehead atoms. The molecule has 1 aromatic heterocycles. The number of aromatic amines is 1. The van der Waals surface area contributed by atoms with E-state index in [0.29, 0.717) is 37.7 Å². The van der Waals surface area contributed by atoms with Gasteiger partial charge in [-0.15, -0.1) is 0 Å². The second-order valence-electron chi connectivity index (χ2n) is 11.5. The fourth-order valence-corrected chi connectivity index (χ4v) is 7.09. The summed E-state index contributed by atoms with van der Waals surface area (Å²) in [5, 5.41) is 1.04. The molecule has 3 heterocycles. The normalized spacial score (nSPS) is 15.5. The third kappa shape index (κ3) is 7.63. The van der Waals surface area contributed by atoms with Crippen LogP contribution < -0.4 is 15.4 Å². The Hall–Kier alpha value is -3.71. The van der Waals surface area contributed by atoms with E-state index in [1.165, 1.54) is 17.8 Å². The number of benzene rings is 3. The monoisotopic (exact) mass is 653 g/mol. The van der Waals surface area contributed by atoms with Crippen molar-refractivity contribution in [2.75, 3.05) is 70.5 Å². The van der Waals surface area contributed by atoms with E-state index in [9.17, 15) is 18.0 Å². The van der Waals surface area contributed by atoms with Crippen LogP contribution in [0.2, 0.25) is 0 Å². The lowest BCUT2D eigenvalue weighted by Gasteiger charge is -2.36. The first-order chi connectivity index (χ1) is 22.3. The molecule has 3 aromatic carbocycles. The van der Waals surface area contributed by atoms with E-state index in [2.05, 4.69) is 14.8 Å². The van der Waals surface area contributed by atoms with Gasteiger partial charge in [0.1, 0.15) is 12.4 Å². The van der Waals surface area contributed by atoms with E-state index in [1.54, 1.807) is 6.07 Å². The van der Waals surface area contributed by atoms with E-state index in [0.717, 1.165) is 83.6 Å². The van der Waals surface area contributed by atoms with Crippen LogP contribution in [0.5, 0.6) is 5.75 Å². The predicted molar refractivity (Wildman–Crippen MR) is 174 cm³/mol. The molecule has 244 valence electrons. The Morgan fingerprint density at radius 3 is 2.46 bits per heavy atom. The molecule has 0 spiro atoms. The number of piperazine rings is 1. The summed E-state index contributed by atoms with van der Waals surface area (Å²) < 4.78 is 51.7. The molecule has 8 nitrogen and oxygen atoms in total. The number of esters is 1. The van der Waals surface area contributed by atoms with Crippen molar-refractivity contribution in [1.82, 2.24) is 14.8 Å². The number of rotatable bonds is 12. The van der Waals surface area contributed by atoms with Crippen molar-refractivity contribution in [2.45, 2.75) is 28.8 Å². The molecule has 46 heavy (non-hydrogen) atoms. The number of aromatic nitrogens is 1. The zero-order valence-corrected chi connectivity index (χ0v) is 26.3. The van der Waals surface area contributed by atoms with Crippen LogP contribution in [-0.2, 0) is 22.1 Å².